The molecule has 0 N–H and O–H groups in total. The summed E-state index contributed by atoms with van der Waals surface area (Å²) in [5, 5.41) is 0. The minimum atomic E-state index is -4.54. The molecule has 0 saturated carbocycles. The van der Waals surface area contributed by atoms with Gasteiger partial charge in [-0.3, -0.25) is 4.57 Å². The van der Waals surface area contributed by atoms with E-state index < -0.39 is 96.3 Å². The smallest absolute Gasteiger partial charge is 0.304 e. The van der Waals surface area contributed by atoms with E-state index in [0.29, 0.717) is 0 Å². The second-order valence-electron chi connectivity index (χ2n) is 5.57. The Morgan fingerprint density at radius 1 is 0.533 bits per heavy atom. The lowest BCUT2D eigenvalue weighted by atomic mass is 10.2. The molecule has 0 radical (unpaired) electrons. The molecule has 0 aliphatic carbocycles. The van der Waals surface area contributed by atoms with Gasteiger partial charge in [0, 0.05) is 6.16 Å². The van der Waals surface area contributed by atoms with Crippen LogP contribution in [0.3, 0.4) is 0 Å². The maximum absolute atomic E-state index is 13.6. The van der Waals surface area contributed by atoms with Crippen molar-refractivity contribution in [3.63, 3.8) is 0 Å². The highest BCUT2D eigenvalue weighted by atomic mass is 31.2. The molecule has 2 aromatic carbocycles. The Morgan fingerprint density at radius 3 is 1.00 bits per heavy atom. The fourth-order valence-corrected chi connectivity index (χ4v) is 3.19. The van der Waals surface area contributed by atoms with Crippen LogP contribution in [-0.2, 0) is 26.8 Å². The summed E-state index contributed by atoms with van der Waals surface area (Å²) >= 11 is 0. The van der Waals surface area contributed by atoms with Gasteiger partial charge < -0.3 is 9.05 Å². The van der Waals surface area contributed by atoms with Gasteiger partial charge in [0.15, 0.2) is 46.5 Å². The van der Waals surface area contributed by atoms with Gasteiger partial charge in [0.25, 0.3) is 0 Å². The summed E-state index contributed by atoms with van der Waals surface area (Å²) in [7, 11) is -4.54. The molecule has 0 aromatic heterocycles. The molecular weight excluding hydrogens is 461 g/mol. The van der Waals surface area contributed by atoms with Crippen LogP contribution >= 0.6 is 7.60 Å². The first-order valence-electron chi connectivity index (χ1n) is 7.75. The van der Waals surface area contributed by atoms with E-state index in [2.05, 4.69) is 9.05 Å². The summed E-state index contributed by atoms with van der Waals surface area (Å²) in [6, 6.07) is 0. The van der Waals surface area contributed by atoms with Gasteiger partial charge in [-0.05, 0) is 0 Å². The highest BCUT2D eigenvalue weighted by molar-refractivity contribution is 7.53. The van der Waals surface area contributed by atoms with Crippen molar-refractivity contribution in [2.24, 2.45) is 0 Å². The van der Waals surface area contributed by atoms with Gasteiger partial charge in [-0.2, -0.15) is 0 Å². The molecule has 2 aromatic rings. The van der Waals surface area contributed by atoms with E-state index in [9.17, 15) is 48.5 Å². The average Bonchev–Trinajstić information content (AvgIpc) is 2.73. The molecule has 0 aliphatic rings. The summed E-state index contributed by atoms with van der Waals surface area (Å²) in [4.78, 5) is 0. The third-order valence-electron chi connectivity index (χ3n) is 3.80. The SMILES string of the molecule is CCP(=O)(OCc1c(F)c(F)c(F)c(F)c1F)OCc1c(F)c(F)c(F)c(F)c1F. The van der Waals surface area contributed by atoms with Crippen LogP contribution < -0.4 is 0 Å². The van der Waals surface area contributed by atoms with E-state index in [0.717, 1.165) is 6.92 Å². The molecular formula is C16H9F10O3P. The van der Waals surface area contributed by atoms with Crippen molar-refractivity contribution in [1.82, 2.24) is 0 Å². The Morgan fingerprint density at radius 2 is 0.767 bits per heavy atom. The van der Waals surface area contributed by atoms with Crippen molar-refractivity contribution in [1.29, 1.82) is 0 Å². The predicted octanol–water partition coefficient (Wildman–Crippen LogP) is 6.02. The zero-order chi connectivity index (χ0) is 23.0. The van der Waals surface area contributed by atoms with Crippen LogP contribution in [0.4, 0.5) is 43.9 Å². The minimum Gasteiger partial charge on any atom is -0.304 e. The van der Waals surface area contributed by atoms with Gasteiger partial charge in [0.2, 0.25) is 11.6 Å². The zero-order valence-corrected chi connectivity index (χ0v) is 15.5. The lowest BCUT2D eigenvalue weighted by Crippen LogP contribution is -2.11. The fourth-order valence-electron chi connectivity index (χ4n) is 2.10. The van der Waals surface area contributed by atoms with E-state index in [1.807, 2.05) is 0 Å². The average molecular weight is 470 g/mol. The largest absolute Gasteiger partial charge is 0.331 e. The van der Waals surface area contributed by atoms with Gasteiger partial charge in [-0.25, -0.2) is 43.9 Å². The minimum absolute atomic E-state index is 0.655. The van der Waals surface area contributed by atoms with E-state index in [-0.39, 0.29) is 0 Å². The molecule has 0 atom stereocenters. The van der Waals surface area contributed by atoms with Crippen LogP contribution in [0.15, 0.2) is 0 Å². The molecule has 0 unspecified atom stereocenters. The maximum Gasteiger partial charge on any atom is 0.331 e. The van der Waals surface area contributed by atoms with Gasteiger partial charge in [0.05, 0.1) is 24.3 Å². The quantitative estimate of drug-likeness (QED) is 0.215. The lowest BCUT2D eigenvalue weighted by Gasteiger charge is -2.18. The summed E-state index contributed by atoms with van der Waals surface area (Å²) < 4.78 is 155. The number of hydrogen-bond donors (Lipinski definition) is 0. The Labute approximate surface area is 161 Å². The first kappa shape index (κ1) is 24.2. The molecule has 0 heterocycles. The van der Waals surface area contributed by atoms with Crippen LogP contribution in [0.5, 0.6) is 0 Å². The number of benzene rings is 2. The summed E-state index contributed by atoms with van der Waals surface area (Å²) in [6.07, 6.45) is -0.655. The predicted molar refractivity (Wildman–Crippen MR) is 80.2 cm³/mol. The first-order valence-corrected chi connectivity index (χ1v) is 9.47. The van der Waals surface area contributed by atoms with Crippen LogP contribution in [0.25, 0.3) is 0 Å². The van der Waals surface area contributed by atoms with Crippen molar-refractivity contribution >= 4 is 7.60 Å². The third-order valence-corrected chi connectivity index (χ3v) is 5.62. The van der Waals surface area contributed by atoms with E-state index >= 15 is 0 Å². The monoisotopic (exact) mass is 470 g/mol. The van der Waals surface area contributed by atoms with E-state index in [4.69, 9.17) is 0 Å². The van der Waals surface area contributed by atoms with Crippen molar-refractivity contribution < 1.29 is 57.5 Å². The molecule has 0 amide bonds. The normalized spacial score (nSPS) is 12.0. The fraction of sp³-hybridized carbons (Fsp3) is 0.250. The van der Waals surface area contributed by atoms with Crippen LogP contribution in [0.1, 0.15) is 18.1 Å². The van der Waals surface area contributed by atoms with Crippen molar-refractivity contribution in [2.75, 3.05) is 6.16 Å². The topological polar surface area (TPSA) is 35.5 Å². The number of halogens is 10. The molecule has 0 saturated heterocycles. The Balaban J connectivity index is 2.27. The Hall–Kier alpha value is -2.11. The van der Waals surface area contributed by atoms with Crippen molar-refractivity contribution in [3.05, 3.63) is 69.3 Å². The molecule has 166 valence electrons. The molecule has 30 heavy (non-hydrogen) atoms. The van der Waals surface area contributed by atoms with Crippen molar-refractivity contribution in [2.45, 2.75) is 20.1 Å². The highest BCUT2D eigenvalue weighted by Crippen LogP contribution is 2.50. The number of hydrogen-bond acceptors (Lipinski definition) is 3. The Bertz CT molecular complexity index is 907. The lowest BCUT2D eigenvalue weighted by molar-refractivity contribution is 0.181. The summed E-state index contributed by atoms with van der Waals surface area (Å²) in [5.74, 6) is -23.3. The maximum atomic E-state index is 13.6. The second kappa shape index (κ2) is 8.94. The van der Waals surface area contributed by atoms with Gasteiger partial charge in [0.1, 0.15) is 0 Å². The van der Waals surface area contributed by atoms with Crippen LogP contribution in [0, 0.1) is 58.2 Å². The van der Waals surface area contributed by atoms with Crippen molar-refractivity contribution in [3.8, 4) is 0 Å². The molecule has 0 fully saturated rings. The van der Waals surface area contributed by atoms with Gasteiger partial charge >= 0.3 is 7.60 Å². The third kappa shape index (κ3) is 4.33. The Kier molecular flexibility index (Phi) is 7.20. The summed E-state index contributed by atoms with van der Waals surface area (Å²) in [6.45, 7) is -1.88. The first-order chi connectivity index (χ1) is 13.9. The molecule has 2 rings (SSSR count). The van der Waals surface area contributed by atoms with E-state index in [1.54, 1.807) is 0 Å². The highest BCUT2D eigenvalue weighted by Gasteiger charge is 2.31. The standard InChI is InChI=1S/C16H9F10O3P/c1-2-30(27,28-3-5-7(17)11(21)15(25)12(22)8(5)18)29-4-6-9(19)13(23)16(26)14(24)10(6)20/h2-4H2,1H3. The number of rotatable bonds is 7. The second-order valence-corrected chi connectivity index (χ2v) is 7.94. The van der Waals surface area contributed by atoms with Gasteiger partial charge in [-0.1, -0.05) is 6.92 Å². The van der Waals surface area contributed by atoms with Gasteiger partial charge in [-0.15, -0.1) is 0 Å². The molecule has 0 aliphatic heterocycles. The zero-order valence-electron chi connectivity index (χ0n) is 14.6. The molecule has 14 heteroatoms. The van der Waals surface area contributed by atoms with Crippen LogP contribution in [0.2, 0.25) is 0 Å². The molecule has 0 bridgehead atoms. The van der Waals surface area contributed by atoms with E-state index in [1.165, 1.54) is 0 Å². The molecule has 3 nitrogen and oxygen atoms in total. The van der Waals surface area contributed by atoms with Crippen LogP contribution in [-0.4, -0.2) is 6.16 Å². The molecule has 0 spiro atoms. The summed E-state index contributed by atoms with van der Waals surface area (Å²) in [5.41, 5.74) is -3.03.